The number of carbonyl (C=O) groups excluding carboxylic acids is 1. The van der Waals surface area contributed by atoms with Gasteiger partial charge in [-0.15, -0.1) is 12.4 Å². The quantitative estimate of drug-likeness (QED) is 0.710. The molecule has 98 valence electrons. The van der Waals surface area contributed by atoms with Gasteiger partial charge in [0.05, 0.1) is 5.54 Å². The lowest BCUT2D eigenvalue weighted by atomic mass is 9.97. The Morgan fingerprint density at radius 3 is 2.44 bits per heavy atom. The fourth-order valence-corrected chi connectivity index (χ4v) is 1.35. The van der Waals surface area contributed by atoms with Crippen molar-refractivity contribution in [1.29, 1.82) is 0 Å². The van der Waals surface area contributed by atoms with Crippen LogP contribution in [0.15, 0.2) is 0 Å². The van der Waals surface area contributed by atoms with E-state index in [0.29, 0.717) is 6.54 Å². The van der Waals surface area contributed by atoms with Gasteiger partial charge in [-0.1, -0.05) is 20.3 Å². The first kappa shape index (κ1) is 18.1. The van der Waals surface area contributed by atoms with E-state index in [-0.39, 0.29) is 18.3 Å². The maximum atomic E-state index is 11.7. The Morgan fingerprint density at radius 1 is 1.44 bits per heavy atom. The lowest BCUT2D eigenvalue weighted by Gasteiger charge is -2.23. The standard InChI is InChI=1S/C11H25N3O.ClH/c1-5-7-11(3,12)10(15)13-8-9-14(4)6-2;/h5-9,12H2,1-4H3,(H,13,15);1H. The first-order valence-electron chi connectivity index (χ1n) is 5.69. The molecule has 3 N–H and O–H groups in total. The number of likely N-dealkylation sites (N-methyl/N-ethyl adjacent to an activating group) is 1. The monoisotopic (exact) mass is 251 g/mol. The number of halogens is 1. The molecule has 16 heavy (non-hydrogen) atoms. The van der Waals surface area contributed by atoms with Gasteiger partial charge in [-0.05, 0) is 26.9 Å². The highest BCUT2D eigenvalue weighted by Crippen LogP contribution is 2.07. The van der Waals surface area contributed by atoms with Crippen LogP contribution in [0.2, 0.25) is 0 Å². The Morgan fingerprint density at radius 2 is 2.00 bits per heavy atom. The molecule has 0 rings (SSSR count). The minimum Gasteiger partial charge on any atom is -0.353 e. The van der Waals surface area contributed by atoms with Gasteiger partial charge in [-0.3, -0.25) is 4.79 Å². The largest absolute Gasteiger partial charge is 0.353 e. The van der Waals surface area contributed by atoms with E-state index in [1.165, 1.54) is 0 Å². The number of amides is 1. The van der Waals surface area contributed by atoms with Crippen molar-refractivity contribution in [3.05, 3.63) is 0 Å². The second-order valence-electron chi connectivity index (χ2n) is 4.32. The number of nitrogens with zero attached hydrogens (tertiary/aromatic N) is 1. The van der Waals surface area contributed by atoms with Gasteiger partial charge < -0.3 is 16.0 Å². The highest BCUT2D eigenvalue weighted by atomic mass is 35.5. The molecule has 0 saturated carbocycles. The van der Waals surface area contributed by atoms with E-state index in [9.17, 15) is 4.79 Å². The summed E-state index contributed by atoms with van der Waals surface area (Å²) in [6, 6.07) is 0. The predicted octanol–water partition coefficient (Wildman–Crippen LogP) is 0.994. The van der Waals surface area contributed by atoms with Gasteiger partial charge in [0.25, 0.3) is 0 Å². The van der Waals surface area contributed by atoms with Gasteiger partial charge in [0.2, 0.25) is 5.91 Å². The Kier molecular flexibility index (Phi) is 9.92. The average Bonchev–Trinajstić information content (AvgIpc) is 2.17. The molecule has 0 aliphatic carbocycles. The van der Waals surface area contributed by atoms with E-state index in [1.54, 1.807) is 6.92 Å². The third kappa shape index (κ3) is 7.04. The fourth-order valence-electron chi connectivity index (χ4n) is 1.35. The van der Waals surface area contributed by atoms with Crippen LogP contribution < -0.4 is 11.1 Å². The fraction of sp³-hybridized carbons (Fsp3) is 0.909. The van der Waals surface area contributed by atoms with E-state index < -0.39 is 5.54 Å². The second kappa shape index (κ2) is 8.79. The zero-order chi connectivity index (χ0) is 11.9. The Hall–Kier alpha value is -0.320. The molecule has 0 spiro atoms. The number of hydrogen-bond acceptors (Lipinski definition) is 3. The van der Waals surface area contributed by atoms with Crippen LogP contribution in [0.4, 0.5) is 0 Å². The maximum absolute atomic E-state index is 11.7. The van der Waals surface area contributed by atoms with Crippen molar-refractivity contribution in [1.82, 2.24) is 10.2 Å². The predicted molar refractivity (Wildman–Crippen MR) is 70.9 cm³/mol. The van der Waals surface area contributed by atoms with Crippen molar-refractivity contribution in [3.63, 3.8) is 0 Å². The van der Waals surface area contributed by atoms with Crippen LogP contribution >= 0.6 is 12.4 Å². The molecule has 1 unspecified atom stereocenters. The highest BCUT2D eigenvalue weighted by Gasteiger charge is 2.26. The summed E-state index contributed by atoms with van der Waals surface area (Å²) in [6.45, 7) is 8.43. The minimum atomic E-state index is -0.723. The number of nitrogens with two attached hydrogens (primary N) is 1. The van der Waals surface area contributed by atoms with Gasteiger partial charge in [0.1, 0.15) is 0 Å². The third-order valence-corrected chi connectivity index (χ3v) is 2.61. The summed E-state index contributed by atoms with van der Waals surface area (Å²) < 4.78 is 0. The smallest absolute Gasteiger partial charge is 0.239 e. The molecule has 1 amide bonds. The van der Waals surface area contributed by atoms with E-state index in [0.717, 1.165) is 25.9 Å². The number of carbonyl (C=O) groups is 1. The molecule has 5 heteroatoms. The van der Waals surface area contributed by atoms with Gasteiger partial charge in [0.15, 0.2) is 0 Å². The first-order chi connectivity index (χ1) is 6.94. The topological polar surface area (TPSA) is 58.4 Å². The third-order valence-electron chi connectivity index (χ3n) is 2.61. The highest BCUT2D eigenvalue weighted by molar-refractivity contribution is 5.85. The molecule has 0 bridgehead atoms. The Balaban J connectivity index is 0. The summed E-state index contributed by atoms with van der Waals surface area (Å²) >= 11 is 0. The summed E-state index contributed by atoms with van der Waals surface area (Å²) in [6.07, 6.45) is 1.65. The first-order valence-corrected chi connectivity index (χ1v) is 5.69. The SMILES string of the molecule is CCCC(C)(N)C(=O)NCCN(C)CC.Cl. The van der Waals surface area contributed by atoms with Crippen LogP contribution in [0.5, 0.6) is 0 Å². The molecule has 0 aromatic heterocycles. The van der Waals surface area contributed by atoms with Gasteiger partial charge in [-0.25, -0.2) is 0 Å². The molecule has 0 fully saturated rings. The molecule has 0 radical (unpaired) electrons. The van der Waals surface area contributed by atoms with Crippen LogP contribution in [0.1, 0.15) is 33.6 Å². The number of rotatable bonds is 7. The molecular weight excluding hydrogens is 226 g/mol. The number of hydrogen-bond donors (Lipinski definition) is 2. The van der Waals surface area contributed by atoms with Crippen molar-refractivity contribution in [2.24, 2.45) is 5.73 Å². The van der Waals surface area contributed by atoms with Gasteiger partial charge >= 0.3 is 0 Å². The zero-order valence-corrected chi connectivity index (χ0v) is 11.7. The molecule has 0 aromatic carbocycles. The van der Waals surface area contributed by atoms with Crippen molar-refractivity contribution in [2.45, 2.75) is 39.2 Å². The molecule has 1 atom stereocenters. The molecule has 0 aromatic rings. The van der Waals surface area contributed by atoms with Crippen LogP contribution in [0.25, 0.3) is 0 Å². The lowest BCUT2D eigenvalue weighted by Crippen LogP contribution is -2.52. The van der Waals surface area contributed by atoms with E-state index in [4.69, 9.17) is 5.73 Å². The van der Waals surface area contributed by atoms with E-state index >= 15 is 0 Å². The summed E-state index contributed by atoms with van der Waals surface area (Å²) in [5.41, 5.74) is 5.17. The lowest BCUT2D eigenvalue weighted by molar-refractivity contribution is -0.126. The summed E-state index contributed by atoms with van der Waals surface area (Å²) in [7, 11) is 2.03. The Labute approximate surface area is 105 Å². The van der Waals surface area contributed by atoms with Crippen molar-refractivity contribution >= 4 is 18.3 Å². The van der Waals surface area contributed by atoms with Gasteiger partial charge in [-0.2, -0.15) is 0 Å². The molecule has 0 aliphatic heterocycles. The van der Waals surface area contributed by atoms with E-state index in [2.05, 4.69) is 17.1 Å². The summed E-state index contributed by atoms with van der Waals surface area (Å²) in [4.78, 5) is 13.8. The van der Waals surface area contributed by atoms with Crippen LogP contribution in [-0.2, 0) is 4.79 Å². The van der Waals surface area contributed by atoms with Crippen molar-refractivity contribution in [2.75, 3.05) is 26.7 Å². The average molecular weight is 252 g/mol. The molecule has 0 heterocycles. The van der Waals surface area contributed by atoms with Crippen molar-refractivity contribution in [3.8, 4) is 0 Å². The maximum Gasteiger partial charge on any atom is 0.239 e. The second-order valence-corrected chi connectivity index (χ2v) is 4.32. The molecule has 0 saturated heterocycles. The van der Waals surface area contributed by atoms with Gasteiger partial charge in [0, 0.05) is 13.1 Å². The molecule has 4 nitrogen and oxygen atoms in total. The van der Waals surface area contributed by atoms with Crippen LogP contribution in [0, 0.1) is 0 Å². The zero-order valence-electron chi connectivity index (χ0n) is 10.9. The summed E-state index contributed by atoms with van der Waals surface area (Å²) in [5.74, 6) is -0.0474. The Bertz CT molecular complexity index is 198. The van der Waals surface area contributed by atoms with E-state index in [1.807, 2.05) is 14.0 Å². The van der Waals surface area contributed by atoms with Crippen LogP contribution in [-0.4, -0.2) is 43.0 Å². The normalized spacial score (nSPS) is 14.1. The summed E-state index contributed by atoms with van der Waals surface area (Å²) in [5, 5.41) is 2.87. The minimum absolute atomic E-state index is 0. The van der Waals surface area contributed by atoms with Crippen LogP contribution in [0.3, 0.4) is 0 Å². The molecule has 0 aliphatic rings. The van der Waals surface area contributed by atoms with Crippen molar-refractivity contribution < 1.29 is 4.79 Å². The number of nitrogens with one attached hydrogen (secondary N) is 1. The molecular formula is C11H26ClN3O.